The van der Waals surface area contributed by atoms with Crippen LogP contribution in [0.15, 0.2) is 54.9 Å². The van der Waals surface area contributed by atoms with Crippen LogP contribution in [0.25, 0.3) is 5.69 Å². The smallest absolute Gasteiger partial charge is 0.324 e. The van der Waals surface area contributed by atoms with Gasteiger partial charge in [-0.25, -0.2) is 13.5 Å². The van der Waals surface area contributed by atoms with Gasteiger partial charge in [0.25, 0.3) is 0 Å². The molecule has 1 amide bonds. The second-order valence-electron chi connectivity index (χ2n) is 6.70. The van der Waals surface area contributed by atoms with Crippen molar-refractivity contribution in [2.75, 3.05) is 5.32 Å². The summed E-state index contributed by atoms with van der Waals surface area (Å²) in [5.74, 6) is -3.47. The second kappa shape index (κ2) is 8.64. The summed E-state index contributed by atoms with van der Waals surface area (Å²) in [4.78, 5) is 12.8. The van der Waals surface area contributed by atoms with E-state index < -0.39 is 35.2 Å². The lowest BCUT2D eigenvalue weighted by Gasteiger charge is -2.18. The summed E-state index contributed by atoms with van der Waals surface area (Å²) in [6.07, 6.45) is -1.31. The maximum absolute atomic E-state index is 14.4. The van der Waals surface area contributed by atoms with Gasteiger partial charge in [-0.05, 0) is 42.7 Å². The number of nitrogens with zero attached hydrogens (tertiary/aromatic N) is 2. The molecule has 0 aliphatic carbocycles. The van der Waals surface area contributed by atoms with Crippen LogP contribution in [0.3, 0.4) is 0 Å². The highest BCUT2D eigenvalue weighted by Crippen LogP contribution is 2.31. The van der Waals surface area contributed by atoms with Crippen molar-refractivity contribution >= 4 is 11.6 Å². The van der Waals surface area contributed by atoms with E-state index in [4.69, 9.17) is 0 Å². The van der Waals surface area contributed by atoms with E-state index in [-0.39, 0.29) is 17.8 Å². The number of rotatable bonds is 6. The number of carbonyl (C=O) groups is 1. The summed E-state index contributed by atoms with van der Waals surface area (Å²) in [5.41, 5.74) is -0.700. The Morgan fingerprint density at radius 1 is 1.17 bits per heavy atom. The summed E-state index contributed by atoms with van der Waals surface area (Å²) in [6, 6.07) is 8.37. The first kappa shape index (κ1) is 21.5. The van der Waals surface area contributed by atoms with Crippen molar-refractivity contribution in [2.45, 2.75) is 25.9 Å². The minimum absolute atomic E-state index is 0.00472. The van der Waals surface area contributed by atoms with Gasteiger partial charge in [0.05, 0.1) is 11.3 Å². The number of anilines is 1. The van der Waals surface area contributed by atoms with Crippen LogP contribution >= 0.6 is 0 Å². The summed E-state index contributed by atoms with van der Waals surface area (Å²) < 4.78 is 68.0. The maximum Gasteiger partial charge on any atom is 0.416 e. The quantitative estimate of drug-likeness (QED) is 0.542. The average molecular weight is 423 g/mol. The predicted molar refractivity (Wildman–Crippen MR) is 101 cm³/mol. The number of hydrogen-bond acceptors (Lipinski definition) is 2. The summed E-state index contributed by atoms with van der Waals surface area (Å²) in [7, 11) is 0. The van der Waals surface area contributed by atoms with Crippen LogP contribution in [-0.4, -0.2) is 15.7 Å². The molecule has 3 rings (SSSR count). The molecule has 0 fully saturated rings. The molecule has 1 aromatic heterocycles. The molecule has 0 radical (unpaired) electrons. The van der Waals surface area contributed by atoms with Crippen LogP contribution < -0.4 is 5.32 Å². The number of amides is 1. The first-order valence-corrected chi connectivity index (χ1v) is 9.15. The second-order valence-corrected chi connectivity index (χ2v) is 6.70. The molecule has 4 nitrogen and oxygen atoms in total. The van der Waals surface area contributed by atoms with Gasteiger partial charge in [0.15, 0.2) is 11.6 Å². The van der Waals surface area contributed by atoms with Gasteiger partial charge in [-0.1, -0.05) is 25.1 Å². The van der Waals surface area contributed by atoms with Crippen LogP contribution in [0.1, 0.15) is 24.5 Å². The molecule has 158 valence electrons. The molecule has 3 aromatic rings. The molecule has 9 heteroatoms. The zero-order valence-corrected chi connectivity index (χ0v) is 15.9. The van der Waals surface area contributed by atoms with Crippen molar-refractivity contribution < 1.29 is 26.7 Å². The molecule has 1 heterocycles. The molecular formula is C21H18F5N3O. The number of nitrogens with one attached hydrogen (secondary N) is 1. The Balaban J connectivity index is 1.84. The minimum Gasteiger partial charge on any atom is -0.324 e. The lowest BCUT2D eigenvalue weighted by molar-refractivity contribution is -0.137. The molecule has 1 N–H and O–H groups in total. The van der Waals surface area contributed by atoms with Gasteiger partial charge in [-0.15, -0.1) is 0 Å². The van der Waals surface area contributed by atoms with Gasteiger partial charge < -0.3 is 5.32 Å². The van der Waals surface area contributed by atoms with E-state index in [9.17, 15) is 26.7 Å². The predicted octanol–water partition coefficient (Wildman–Crippen LogP) is 5.38. The van der Waals surface area contributed by atoms with Crippen molar-refractivity contribution in [3.8, 4) is 5.69 Å². The number of alkyl halides is 3. The molecule has 0 bridgehead atoms. The monoisotopic (exact) mass is 423 g/mol. The highest BCUT2D eigenvalue weighted by molar-refractivity contribution is 5.94. The highest BCUT2D eigenvalue weighted by atomic mass is 19.4. The molecule has 0 saturated carbocycles. The van der Waals surface area contributed by atoms with E-state index in [1.54, 1.807) is 6.92 Å². The molecule has 2 aromatic carbocycles. The summed E-state index contributed by atoms with van der Waals surface area (Å²) in [5, 5.41) is 6.43. The van der Waals surface area contributed by atoms with Gasteiger partial charge in [-0.3, -0.25) is 4.79 Å². The minimum atomic E-state index is -4.48. The van der Waals surface area contributed by atoms with Crippen LogP contribution in [0.4, 0.5) is 27.6 Å². The Labute approximate surface area is 169 Å². The summed E-state index contributed by atoms with van der Waals surface area (Å²) in [6.45, 7) is 1.72. The fraction of sp³-hybridized carbons (Fsp3) is 0.238. The molecule has 30 heavy (non-hydrogen) atoms. The van der Waals surface area contributed by atoms with Crippen molar-refractivity contribution in [3.63, 3.8) is 0 Å². The van der Waals surface area contributed by atoms with Crippen molar-refractivity contribution in [3.05, 3.63) is 77.6 Å². The van der Waals surface area contributed by atoms with E-state index in [1.165, 1.54) is 36.7 Å². The van der Waals surface area contributed by atoms with Crippen LogP contribution in [-0.2, 0) is 17.4 Å². The fourth-order valence-electron chi connectivity index (χ4n) is 3.08. The third-order valence-corrected chi connectivity index (χ3v) is 4.66. The normalized spacial score (nSPS) is 12.6. The van der Waals surface area contributed by atoms with Gasteiger partial charge in [0.2, 0.25) is 5.91 Å². The third-order valence-electron chi connectivity index (χ3n) is 4.66. The van der Waals surface area contributed by atoms with Gasteiger partial charge in [-0.2, -0.15) is 18.3 Å². The number of aromatic nitrogens is 2. The Kier molecular flexibility index (Phi) is 6.19. The maximum atomic E-state index is 14.4. The van der Waals surface area contributed by atoms with Crippen LogP contribution in [0.5, 0.6) is 0 Å². The molecule has 0 aliphatic heterocycles. The largest absolute Gasteiger partial charge is 0.416 e. The lowest BCUT2D eigenvalue weighted by atomic mass is 9.94. The topological polar surface area (TPSA) is 46.9 Å². The van der Waals surface area contributed by atoms with Crippen LogP contribution in [0, 0.1) is 17.6 Å². The SMILES string of the molecule is CC[C@@H](Cc1cccc(C(F)(F)F)c1)C(=O)Nc1ccc(F)c(F)c1-n1cccn1. The van der Waals surface area contributed by atoms with Gasteiger partial charge in [0, 0.05) is 18.3 Å². The average Bonchev–Trinajstić information content (AvgIpc) is 3.23. The van der Waals surface area contributed by atoms with Crippen LogP contribution in [0.2, 0.25) is 0 Å². The van der Waals surface area contributed by atoms with E-state index in [2.05, 4.69) is 10.4 Å². The van der Waals surface area contributed by atoms with Crippen molar-refractivity contribution in [2.24, 2.45) is 5.92 Å². The Morgan fingerprint density at radius 3 is 2.57 bits per heavy atom. The van der Waals surface area contributed by atoms with Gasteiger partial charge in [0.1, 0.15) is 5.69 Å². The zero-order chi connectivity index (χ0) is 21.9. The molecule has 0 unspecified atom stereocenters. The molecular weight excluding hydrogens is 405 g/mol. The standard InChI is InChI=1S/C21H18F5N3O/c1-2-14(11-13-5-3-6-15(12-13)21(24,25)26)20(30)28-17-8-7-16(22)18(23)19(17)29-10-4-9-27-29/h3-10,12,14H,2,11H2,1H3,(H,28,30)/t14-/m0/s1. The van der Waals surface area contributed by atoms with Gasteiger partial charge >= 0.3 is 6.18 Å². The number of benzene rings is 2. The number of hydrogen-bond donors (Lipinski definition) is 1. The van der Waals surface area contributed by atoms with E-state index >= 15 is 0 Å². The first-order chi connectivity index (χ1) is 14.2. The third kappa shape index (κ3) is 4.67. The van der Waals surface area contributed by atoms with E-state index in [0.29, 0.717) is 12.0 Å². The fourth-order valence-corrected chi connectivity index (χ4v) is 3.08. The van der Waals surface area contributed by atoms with E-state index in [1.807, 2.05) is 0 Å². The van der Waals surface area contributed by atoms with Crippen molar-refractivity contribution in [1.82, 2.24) is 9.78 Å². The van der Waals surface area contributed by atoms with Crippen molar-refractivity contribution in [1.29, 1.82) is 0 Å². The Bertz CT molecular complexity index is 1030. The Hall–Kier alpha value is -3.23. The number of carbonyl (C=O) groups excluding carboxylic acids is 1. The zero-order valence-electron chi connectivity index (χ0n) is 15.9. The molecule has 0 saturated heterocycles. The molecule has 0 spiro atoms. The molecule has 0 aliphatic rings. The first-order valence-electron chi connectivity index (χ1n) is 9.15. The van der Waals surface area contributed by atoms with E-state index in [0.717, 1.165) is 22.9 Å². The number of halogens is 5. The summed E-state index contributed by atoms with van der Waals surface area (Å²) >= 11 is 0. The Morgan fingerprint density at radius 2 is 1.93 bits per heavy atom. The lowest BCUT2D eigenvalue weighted by Crippen LogP contribution is -2.25. The molecule has 1 atom stereocenters. The highest BCUT2D eigenvalue weighted by Gasteiger charge is 2.31.